The number of hydrogen-bond acceptors (Lipinski definition) is 4. The smallest absolute Gasteiger partial charge is 0.336 e. The number of para-hydroxylation sites is 2. The van der Waals surface area contributed by atoms with Crippen LogP contribution in [0.15, 0.2) is 59.0 Å². The second-order valence-electron chi connectivity index (χ2n) is 5.97. The van der Waals surface area contributed by atoms with Crippen molar-refractivity contribution in [2.24, 2.45) is 0 Å². The van der Waals surface area contributed by atoms with Crippen molar-refractivity contribution in [1.82, 2.24) is 9.97 Å². The van der Waals surface area contributed by atoms with Crippen LogP contribution in [0.25, 0.3) is 34.0 Å². The quantitative estimate of drug-likeness (QED) is 0.464. The van der Waals surface area contributed by atoms with Crippen LogP contribution in [0.2, 0.25) is 5.02 Å². The molecular weight excluding hydrogens is 378 g/mol. The molecule has 0 radical (unpaired) electrons. The molecule has 0 unspecified atom stereocenters. The molecule has 7 heteroatoms. The van der Waals surface area contributed by atoms with Gasteiger partial charge in [-0.25, -0.2) is 9.78 Å². The SMILES string of the molecule is N#C/C(=C\c1ccc(-c2cc(Cl)ccc2C(=O)O)o1)c1nc2ccccc2[nH]1. The van der Waals surface area contributed by atoms with Crippen LogP contribution in [-0.2, 0) is 0 Å². The van der Waals surface area contributed by atoms with Crippen LogP contribution in [0.3, 0.4) is 0 Å². The van der Waals surface area contributed by atoms with E-state index in [0.29, 0.717) is 33.5 Å². The molecule has 4 rings (SSSR count). The summed E-state index contributed by atoms with van der Waals surface area (Å²) in [5.41, 5.74) is 2.31. The van der Waals surface area contributed by atoms with Gasteiger partial charge in [0.1, 0.15) is 23.4 Å². The summed E-state index contributed by atoms with van der Waals surface area (Å²) in [4.78, 5) is 19.0. The molecular formula is C21H12ClN3O3. The van der Waals surface area contributed by atoms with Crippen molar-refractivity contribution in [3.63, 3.8) is 0 Å². The lowest BCUT2D eigenvalue weighted by Crippen LogP contribution is -1.98. The van der Waals surface area contributed by atoms with Crippen molar-refractivity contribution in [2.75, 3.05) is 0 Å². The van der Waals surface area contributed by atoms with Gasteiger partial charge in [0.05, 0.1) is 22.2 Å². The minimum absolute atomic E-state index is 0.0760. The highest BCUT2D eigenvalue weighted by molar-refractivity contribution is 6.31. The van der Waals surface area contributed by atoms with Gasteiger partial charge in [-0.15, -0.1) is 0 Å². The standard InChI is InChI=1S/C21H12ClN3O3/c22-13-5-7-15(21(26)27)16(10-13)19-8-6-14(28-19)9-12(11-23)20-24-17-3-1-2-4-18(17)25-20/h1-10H,(H,24,25)(H,26,27)/b12-9+. The van der Waals surface area contributed by atoms with Crippen LogP contribution in [0, 0.1) is 11.3 Å². The van der Waals surface area contributed by atoms with E-state index in [9.17, 15) is 15.2 Å². The number of halogens is 1. The molecule has 0 atom stereocenters. The van der Waals surface area contributed by atoms with E-state index >= 15 is 0 Å². The van der Waals surface area contributed by atoms with Gasteiger partial charge in [-0.2, -0.15) is 5.26 Å². The number of carbonyl (C=O) groups is 1. The van der Waals surface area contributed by atoms with E-state index in [4.69, 9.17) is 16.0 Å². The van der Waals surface area contributed by atoms with Gasteiger partial charge < -0.3 is 14.5 Å². The molecule has 0 aliphatic rings. The van der Waals surface area contributed by atoms with E-state index in [-0.39, 0.29) is 5.56 Å². The number of imidazole rings is 1. The summed E-state index contributed by atoms with van der Waals surface area (Å²) >= 11 is 6.00. The van der Waals surface area contributed by atoms with Gasteiger partial charge in [0.15, 0.2) is 0 Å². The third kappa shape index (κ3) is 3.27. The predicted octanol–water partition coefficient (Wildman–Crippen LogP) is 5.24. The number of nitrogens with one attached hydrogen (secondary N) is 1. The summed E-state index contributed by atoms with van der Waals surface area (Å²) in [7, 11) is 0. The summed E-state index contributed by atoms with van der Waals surface area (Å²) in [5, 5.41) is 19.3. The maximum absolute atomic E-state index is 11.5. The fourth-order valence-electron chi connectivity index (χ4n) is 2.86. The van der Waals surface area contributed by atoms with Gasteiger partial charge in [0.2, 0.25) is 0 Å². The molecule has 4 aromatic rings. The number of nitriles is 1. The number of benzene rings is 2. The van der Waals surface area contributed by atoms with E-state index < -0.39 is 5.97 Å². The Bertz CT molecular complexity index is 1240. The van der Waals surface area contributed by atoms with Crippen molar-refractivity contribution in [2.45, 2.75) is 0 Å². The summed E-state index contributed by atoms with van der Waals surface area (Å²) in [6.07, 6.45) is 1.55. The highest BCUT2D eigenvalue weighted by Crippen LogP contribution is 2.30. The van der Waals surface area contributed by atoms with Gasteiger partial charge in [0.25, 0.3) is 0 Å². The number of allylic oxidation sites excluding steroid dienone is 1. The van der Waals surface area contributed by atoms with Crippen LogP contribution >= 0.6 is 11.6 Å². The summed E-state index contributed by atoms with van der Waals surface area (Å²) in [6, 6.07) is 17.3. The first-order valence-electron chi connectivity index (χ1n) is 8.25. The molecule has 2 heterocycles. The molecule has 28 heavy (non-hydrogen) atoms. The summed E-state index contributed by atoms with van der Waals surface area (Å²) < 4.78 is 5.75. The lowest BCUT2D eigenvalue weighted by Gasteiger charge is -2.03. The largest absolute Gasteiger partial charge is 0.478 e. The molecule has 2 aromatic carbocycles. The van der Waals surface area contributed by atoms with Crippen LogP contribution in [0.4, 0.5) is 0 Å². The number of carboxylic acids is 1. The zero-order valence-electron chi connectivity index (χ0n) is 14.3. The zero-order chi connectivity index (χ0) is 19.7. The number of nitrogens with zero attached hydrogens (tertiary/aromatic N) is 2. The minimum atomic E-state index is -1.08. The number of carboxylic acid groups (broad SMARTS) is 1. The first-order chi connectivity index (χ1) is 13.5. The van der Waals surface area contributed by atoms with Crippen molar-refractivity contribution >= 4 is 40.3 Å². The van der Waals surface area contributed by atoms with Gasteiger partial charge in [0, 0.05) is 16.7 Å². The number of aromatic carboxylic acids is 1. The average molecular weight is 390 g/mol. The Kier molecular flexibility index (Phi) is 4.44. The van der Waals surface area contributed by atoms with Crippen LogP contribution < -0.4 is 0 Å². The predicted molar refractivity (Wildman–Crippen MR) is 106 cm³/mol. The van der Waals surface area contributed by atoms with Crippen LogP contribution in [0.5, 0.6) is 0 Å². The molecule has 136 valence electrons. The summed E-state index contributed by atoms with van der Waals surface area (Å²) in [6.45, 7) is 0. The molecule has 0 aliphatic heterocycles. The molecule has 2 N–H and O–H groups in total. The fourth-order valence-corrected chi connectivity index (χ4v) is 3.03. The van der Waals surface area contributed by atoms with Crippen LogP contribution in [0.1, 0.15) is 21.9 Å². The number of fused-ring (bicyclic) bond motifs is 1. The first kappa shape index (κ1) is 17.6. The topological polar surface area (TPSA) is 103 Å². The number of hydrogen-bond donors (Lipinski definition) is 2. The number of furan rings is 1. The van der Waals surface area contributed by atoms with Gasteiger partial charge in [-0.1, -0.05) is 23.7 Å². The molecule has 2 aromatic heterocycles. The number of rotatable bonds is 4. The van der Waals surface area contributed by atoms with Gasteiger partial charge in [-0.05, 0) is 42.5 Å². The third-order valence-corrected chi connectivity index (χ3v) is 4.39. The summed E-state index contributed by atoms with van der Waals surface area (Å²) in [5.74, 6) is 0.0761. The van der Waals surface area contributed by atoms with E-state index in [0.717, 1.165) is 11.0 Å². The maximum Gasteiger partial charge on any atom is 0.336 e. The van der Waals surface area contributed by atoms with Gasteiger partial charge >= 0.3 is 5.97 Å². The van der Waals surface area contributed by atoms with Crippen molar-refractivity contribution in [3.8, 4) is 17.4 Å². The molecule has 0 spiro atoms. The van der Waals surface area contributed by atoms with Crippen molar-refractivity contribution in [1.29, 1.82) is 5.26 Å². The van der Waals surface area contributed by atoms with Gasteiger partial charge in [-0.3, -0.25) is 0 Å². The Hall–Kier alpha value is -3.82. The lowest BCUT2D eigenvalue weighted by molar-refractivity contribution is 0.0697. The second-order valence-corrected chi connectivity index (χ2v) is 6.41. The highest BCUT2D eigenvalue weighted by Gasteiger charge is 2.16. The molecule has 0 amide bonds. The number of H-pyrrole nitrogens is 1. The lowest BCUT2D eigenvalue weighted by atomic mass is 10.1. The second kappa shape index (κ2) is 7.06. The van der Waals surface area contributed by atoms with E-state index in [1.165, 1.54) is 18.2 Å². The fraction of sp³-hybridized carbons (Fsp3) is 0. The maximum atomic E-state index is 11.5. The van der Waals surface area contributed by atoms with Crippen molar-refractivity contribution in [3.05, 3.63) is 76.8 Å². The van der Waals surface area contributed by atoms with Crippen molar-refractivity contribution < 1.29 is 14.3 Å². The number of aromatic amines is 1. The van der Waals surface area contributed by atoms with E-state index in [2.05, 4.69) is 16.0 Å². The molecule has 6 nitrogen and oxygen atoms in total. The van der Waals surface area contributed by atoms with E-state index in [1.807, 2.05) is 24.3 Å². The first-order valence-corrected chi connectivity index (χ1v) is 8.63. The Labute approximate surface area is 164 Å². The molecule has 0 bridgehead atoms. The Morgan fingerprint density at radius 2 is 2.04 bits per heavy atom. The van der Waals surface area contributed by atoms with Crippen LogP contribution in [-0.4, -0.2) is 21.0 Å². The molecule has 0 aliphatic carbocycles. The normalized spacial score (nSPS) is 11.5. The zero-order valence-corrected chi connectivity index (χ0v) is 15.1. The molecule has 0 fully saturated rings. The molecule has 0 saturated carbocycles. The number of aromatic nitrogens is 2. The monoisotopic (exact) mass is 389 g/mol. The Morgan fingerprint density at radius 1 is 1.21 bits per heavy atom. The third-order valence-electron chi connectivity index (χ3n) is 4.16. The average Bonchev–Trinajstić information content (AvgIpc) is 3.32. The minimum Gasteiger partial charge on any atom is -0.478 e. The Balaban J connectivity index is 1.74. The Morgan fingerprint density at radius 3 is 2.79 bits per heavy atom. The molecule has 0 saturated heterocycles. The highest BCUT2D eigenvalue weighted by atomic mass is 35.5. The van der Waals surface area contributed by atoms with E-state index in [1.54, 1.807) is 18.2 Å².